The zero-order chi connectivity index (χ0) is 16.7. The summed E-state index contributed by atoms with van der Waals surface area (Å²) in [5.41, 5.74) is 0.0759. The Bertz CT molecular complexity index is 988. The van der Waals surface area contributed by atoms with Gasteiger partial charge in [0.15, 0.2) is 5.69 Å². The summed E-state index contributed by atoms with van der Waals surface area (Å²) in [5.74, 6) is 0.793. The molecule has 1 aromatic carbocycles. The average Bonchev–Trinajstić information content (AvgIpc) is 3.06. The third-order valence-corrected chi connectivity index (χ3v) is 4.44. The molecule has 0 aliphatic carbocycles. The molecule has 1 aliphatic rings. The van der Waals surface area contributed by atoms with Crippen molar-refractivity contribution in [2.45, 2.75) is 25.4 Å². The van der Waals surface area contributed by atoms with Gasteiger partial charge >= 0.3 is 0 Å². The molecule has 3 aromatic rings. The van der Waals surface area contributed by atoms with Gasteiger partial charge in [-0.1, -0.05) is 18.2 Å². The number of aryl methyl sites for hydroxylation is 2. The van der Waals surface area contributed by atoms with Gasteiger partial charge in [-0.3, -0.25) is 9.59 Å². The standard InChI is InChI=1S/C17H17N5O2/c1-21-17(24)13-5-3-2-4-12(13)15(20-21)16(23)19-11-6-7-14-18-8-9-22(14)10-11/h2-5,8-9,11H,6-7,10H2,1H3,(H,19,23)/t11-/m0/s1. The summed E-state index contributed by atoms with van der Waals surface area (Å²) in [6, 6.07) is 7.09. The number of benzene rings is 1. The fourth-order valence-corrected chi connectivity index (χ4v) is 3.21. The molecular weight excluding hydrogens is 306 g/mol. The number of aromatic nitrogens is 4. The van der Waals surface area contributed by atoms with Crippen molar-refractivity contribution in [3.05, 3.63) is 58.5 Å². The summed E-state index contributed by atoms with van der Waals surface area (Å²) in [5, 5.41) is 8.29. The number of imidazole rings is 1. The summed E-state index contributed by atoms with van der Waals surface area (Å²) in [4.78, 5) is 29.2. The molecule has 1 N–H and O–H groups in total. The highest BCUT2D eigenvalue weighted by atomic mass is 16.2. The van der Waals surface area contributed by atoms with E-state index in [1.807, 2.05) is 6.20 Å². The number of hydrogen-bond donors (Lipinski definition) is 1. The third-order valence-electron chi connectivity index (χ3n) is 4.44. The van der Waals surface area contributed by atoms with Gasteiger partial charge in [-0.15, -0.1) is 0 Å². The maximum absolute atomic E-state index is 12.7. The molecule has 0 bridgehead atoms. The maximum Gasteiger partial charge on any atom is 0.274 e. The predicted octanol–water partition coefficient (Wildman–Crippen LogP) is 0.875. The first-order valence-electron chi connectivity index (χ1n) is 7.90. The van der Waals surface area contributed by atoms with Crippen LogP contribution in [0.2, 0.25) is 0 Å². The monoisotopic (exact) mass is 323 g/mol. The minimum atomic E-state index is -0.254. The van der Waals surface area contributed by atoms with Crippen molar-refractivity contribution in [1.29, 1.82) is 0 Å². The van der Waals surface area contributed by atoms with Crippen molar-refractivity contribution in [2.75, 3.05) is 0 Å². The van der Waals surface area contributed by atoms with E-state index in [0.717, 1.165) is 18.7 Å². The van der Waals surface area contributed by atoms with E-state index in [2.05, 4.69) is 20.0 Å². The fourth-order valence-electron chi connectivity index (χ4n) is 3.21. The molecule has 0 fully saturated rings. The number of carbonyl (C=O) groups excluding carboxylic acids is 1. The molecule has 7 nitrogen and oxygen atoms in total. The number of fused-ring (bicyclic) bond motifs is 2. The Labute approximate surface area is 137 Å². The number of nitrogens with zero attached hydrogens (tertiary/aromatic N) is 4. The SMILES string of the molecule is Cn1nc(C(=O)N[C@H]2CCc3nccn3C2)c2ccccc2c1=O. The largest absolute Gasteiger partial charge is 0.346 e. The molecular formula is C17H17N5O2. The lowest BCUT2D eigenvalue weighted by atomic mass is 10.1. The van der Waals surface area contributed by atoms with Crippen LogP contribution in [0.4, 0.5) is 0 Å². The topological polar surface area (TPSA) is 81.8 Å². The van der Waals surface area contributed by atoms with Gasteiger partial charge in [-0.2, -0.15) is 5.10 Å². The maximum atomic E-state index is 12.7. The third kappa shape index (κ3) is 2.38. The lowest BCUT2D eigenvalue weighted by Gasteiger charge is -2.24. The van der Waals surface area contributed by atoms with Gasteiger partial charge in [0.2, 0.25) is 0 Å². The Kier molecular flexibility index (Phi) is 3.41. The molecule has 122 valence electrons. The Balaban J connectivity index is 1.65. The number of amides is 1. The van der Waals surface area contributed by atoms with Crippen LogP contribution in [0.1, 0.15) is 22.7 Å². The Morgan fingerprint density at radius 1 is 1.29 bits per heavy atom. The Morgan fingerprint density at radius 2 is 2.08 bits per heavy atom. The summed E-state index contributed by atoms with van der Waals surface area (Å²) >= 11 is 0. The molecule has 24 heavy (non-hydrogen) atoms. The van der Waals surface area contributed by atoms with Crippen molar-refractivity contribution >= 4 is 16.7 Å². The first-order valence-corrected chi connectivity index (χ1v) is 7.90. The van der Waals surface area contributed by atoms with Gasteiger partial charge in [-0.25, -0.2) is 9.67 Å². The highest BCUT2D eigenvalue weighted by Gasteiger charge is 2.23. The normalized spacial score (nSPS) is 16.8. The molecule has 0 saturated carbocycles. The second kappa shape index (κ2) is 5.59. The minimum absolute atomic E-state index is 0.0250. The van der Waals surface area contributed by atoms with Gasteiger partial charge < -0.3 is 9.88 Å². The van der Waals surface area contributed by atoms with Crippen LogP contribution < -0.4 is 10.9 Å². The van der Waals surface area contributed by atoms with Crippen molar-refractivity contribution in [3.63, 3.8) is 0 Å². The van der Waals surface area contributed by atoms with Crippen LogP contribution in [0.5, 0.6) is 0 Å². The first-order chi connectivity index (χ1) is 11.6. The predicted molar refractivity (Wildman–Crippen MR) is 88.8 cm³/mol. The molecule has 0 saturated heterocycles. The molecule has 1 atom stereocenters. The number of rotatable bonds is 2. The molecule has 0 radical (unpaired) electrons. The minimum Gasteiger partial charge on any atom is -0.346 e. The van der Waals surface area contributed by atoms with E-state index in [-0.39, 0.29) is 23.2 Å². The van der Waals surface area contributed by atoms with E-state index in [4.69, 9.17) is 0 Å². The second-order valence-electron chi connectivity index (χ2n) is 6.03. The zero-order valence-electron chi connectivity index (χ0n) is 13.3. The Morgan fingerprint density at radius 3 is 2.92 bits per heavy atom. The van der Waals surface area contributed by atoms with E-state index in [0.29, 0.717) is 17.3 Å². The van der Waals surface area contributed by atoms with Crippen LogP contribution in [-0.2, 0) is 20.0 Å². The van der Waals surface area contributed by atoms with Gasteiger partial charge in [0.25, 0.3) is 11.5 Å². The molecule has 7 heteroatoms. The summed E-state index contributed by atoms with van der Waals surface area (Å²) in [6.07, 6.45) is 5.38. The number of hydrogen-bond acceptors (Lipinski definition) is 4. The molecule has 1 aliphatic heterocycles. The quantitative estimate of drug-likeness (QED) is 0.759. The first kappa shape index (κ1) is 14.6. The van der Waals surface area contributed by atoms with Crippen LogP contribution >= 0.6 is 0 Å². The molecule has 1 amide bonds. The van der Waals surface area contributed by atoms with Crippen LogP contribution in [0.15, 0.2) is 41.5 Å². The van der Waals surface area contributed by atoms with Crippen LogP contribution in [0.25, 0.3) is 10.8 Å². The summed E-state index contributed by atoms with van der Waals surface area (Å²) in [6.45, 7) is 0.699. The van der Waals surface area contributed by atoms with Crippen LogP contribution in [0, 0.1) is 0 Å². The van der Waals surface area contributed by atoms with Crippen LogP contribution in [0.3, 0.4) is 0 Å². The van der Waals surface area contributed by atoms with Crippen LogP contribution in [-0.4, -0.2) is 31.3 Å². The average molecular weight is 323 g/mol. The number of carbonyl (C=O) groups is 1. The van der Waals surface area contributed by atoms with Crippen molar-refractivity contribution in [3.8, 4) is 0 Å². The second-order valence-corrected chi connectivity index (χ2v) is 6.03. The van der Waals surface area contributed by atoms with E-state index < -0.39 is 0 Å². The molecule has 0 spiro atoms. The van der Waals surface area contributed by atoms with E-state index in [1.54, 1.807) is 37.5 Å². The lowest BCUT2D eigenvalue weighted by molar-refractivity contribution is 0.0922. The van der Waals surface area contributed by atoms with Crippen molar-refractivity contribution in [2.24, 2.45) is 7.05 Å². The highest BCUT2D eigenvalue weighted by Crippen LogP contribution is 2.16. The van der Waals surface area contributed by atoms with E-state index in [1.165, 1.54) is 4.68 Å². The lowest BCUT2D eigenvalue weighted by Crippen LogP contribution is -2.41. The Hall–Kier alpha value is -2.96. The summed E-state index contributed by atoms with van der Waals surface area (Å²) < 4.78 is 3.27. The molecule has 2 aromatic heterocycles. The van der Waals surface area contributed by atoms with Gasteiger partial charge in [-0.05, 0) is 12.5 Å². The van der Waals surface area contributed by atoms with Gasteiger partial charge in [0.1, 0.15) is 5.82 Å². The molecule has 3 heterocycles. The highest BCUT2D eigenvalue weighted by molar-refractivity contribution is 6.04. The number of nitrogens with one attached hydrogen (secondary N) is 1. The van der Waals surface area contributed by atoms with E-state index >= 15 is 0 Å². The smallest absolute Gasteiger partial charge is 0.274 e. The fraction of sp³-hybridized carbons (Fsp3) is 0.294. The zero-order valence-corrected chi connectivity index (χ0v) is 13.3. The summed E-state index contributed by atoms with van der Waals surface area (Å²) in [7, 11) is 1.56. The van der Waals surface area contributed by atoms with Crippen molar-refractivity contribution in [1.82, 2.24) is 24.6 Å². The molecule has 0 unspecified atom stereocenters. The van der Waals surface area contributed by atoms with Gasteiger partial charge in [0, 0.05) is 43.8 Å². The van der Waals surface area contributed by atoms with Gasteiger partial charge in [0.05, 0.1) is 5.39 Å². The molecule has 4 rings (SSSR count). The van der Waals surface area contributed by atoms with E-state index in [9.17, 15) is 9.59 Å². The van der Waals surface area contributed by atoms with Crippen molar-refractivity contribution < 1.29 is 4.79 Å².